The van der Waals surface area contributed by atoms with Crippen molar-refractivity contribution in [2.45, 2.75) is 26.5 Å². The molecule has 1 heterocycles. The highest BCUT2D eigenvalue weighted by Crippen LogP contribution is 2.32. The van der Waals surface area contributed by atoms with Gasteiger partial charge in [0.05, 0.1) is 12.3 Å². The molecule has 0 fully saturated rings. The first kappa shape index (κ1) is 14.5. The Balaban J connectivity index is 1.61. The standard InChI is InChI=1S/C19H21NO2/c1-3-12-21-16-8-5-15(6-9-16)7-11-19-20-17-10-4-14(2)13-18(17)22-19/h4-11,13,19-20H,3,12H2,1-2H3. The van der Waals surface area contributed by atoms with Crippen LogP contribution in [-0.2, 0) is 0 Å². The SMILES string of the molecule is CCCOc1ccc(C=CC2Nc3ccc(C)cc3O2)cc1. The molecule has 0 radical (unpaired) electrons. The maximum atomic E-state index is 5.86. The number of benzene rings is 2. The summed E-state index contributed by atoms with van der Waals surface area (Å²) in [5.74, 6) is 1.83. The van der Waals surface area contributed by atoms with Gasteiger partial charge in [-0.05, 0) is 54.8 Å². The van der Waals surface area contributed by atoms with Gasteiger partial charge in [-0.2, -0.15) is 0 Å². The zero-order chi connectivity index (χ0) is 15.4. The van der Waals surface area contributed by atoms with Crippen LogP contribution in [0.5, 0.6) is 11.5 Å². The lowest BCUT2D eigenvalue weighted by Crippen LogP contribution is -2.16. The summed E-state index contributed by atoms with van der Waals surface area (Å²) in [6, 6.07) is 14.3. The molecule has 0 spiro atoms. The predicted octanol–water partition coefficient (Wildman–Crippen LogP) is 4.63. The third kappa shape index (κ3) is 3.42. The summed E-state index contributed by atoms with van der Waals surface area (Å²) in [5, 5.41) is 3.34. The molecular weight excluding hydrogens is 274 g/mol. The Kier molecular flexibility index (Phi) is 4.33. The van der Waals surface area contributed by atoms with Gasteiger partial charge in [0.25, 0.3) is 0 Å². The molecule has 0 amide bonds. The molecule has 1 N–H and O–H groups in total. The summed E-state index contributed by atoms with van der Waals surface area (Å²) >= 11 is 0. The van der Waals surface area contributed by atoms with Gasteiger partial charge in [-0.3, -0.25) is 0 Å². The van der Waals surface area contributed by atoms with Crippen LogP contribution in [-0.4, -0.2) is 12.8 Å². The van der Waals surface area contributed by atoms with Gasteiger partial charge in [-0.1, -0.05) is 31.2 Å². The third-order valence-electron chi connectivity index (χ3n) is 3.51. The van der Waals surface area contributed by atoms with E-state index in [1.165, 1.54) is 5.56 Å². The van der Waals surface area contributed by atoms with E-state index < -0.39 is 0 Å². The predicted molar refractivity (Wildman–Crippen MR) is 90.5 cm³/mol. The Bertz CT molecular complexity index is 662. The van der Waals surface area contributed by atoms with E-state index in [9.17, 15) is 0 Å². The van der Waals surface area contributed by atoms with Gasteiger partial charge in [-0.25, -0.2) is 0 Å². The number of hydrogen-bond donors (Lipinski definition) is 1. The van der Waals surface area contributed by atoms with E-state index in [1.807, 2.05) is 30.3 Å². The normalized spacial score (nSPS) is 16.2. The minimum absolute atomic E-state index is 0.118. The van der Waals surface area contributed by atoms with Crippen molar-refractivity contribution < 1.29 is 9.47 Å². The Labute approximate surface area is 131 Å². The number of anilines is 1. The molecule has 1 aliphatic heterocycles. The van der Waals surface area contributed by atoms with E-state index in [1.54, 1.807) is 0 Å². The van der Waals surface area contributed by atoms with Crippen molar-refractivity contribution in [2.24, 2.45) is 0 Å². The Morgan fingerprint density at radius 1 is 1.18 bits per heavy atom. The Hall–Kier alpha value is -2.42. The summed E-state index contributed by atoms with van der Waals surface area (Å²) < 4.78 is 11.4. The summed E-state index contributed by atoms with van der Waals surface area (Å²) in [7, 11) is 0. The van der Waals surface area contributed by atoms with E-state index in [4.69, 9.17) is 9.47 Å². The van der Waals surface area contributed by atoms with Crippen LogP contribution in [0.3, 0.4) is 0 Å². The fraction of sp³-hybridized carbons (Fsp3) is 0.263. The average molecular weight is 295 g/mol. The molecule has 1 atom stereocenters. The lowest BCUT2D eigenvalue weighted by atomic mass is 10.2. The Morgan fingerprint density at radius 3 is 2.77 bits per heavy atom. The molecule has 1 unspecified atom stereocenters. The molecule has 3 heteroatoms. The fourth-order valence-electron chi connectivity index (χ4n) is 2.35. The van der Waals surface area contributed by atoms with Crippen LogP contribution in [0.15, 0.2) is 48.5 Å². The van der Waals surface area contributed by atoms with E-state index in [2.05, 4.69) is 43.4 Å². The van der Waals surface area contributed by atoms with Crippen LogP contribution < -0.4 is 14.8 Å². The van der Waals surface area contributed by atoms with Crippen molar-refractivity contribution in [1.29, 1.82) is 0 Å². The molecule has 0 aromatic heterocycles. The zero-order valence-electron chi connectivity index (χ0n) is 13.0. The minimum atomic E-state index is -0.118. The maximum Gasteiger partial charge on any atom is 0.189 e. The molecule has 2 aromatic rings. The van der Waals surface area contributed by atoms with Crippen LogP contribution in [0, 0.1) is 6.92 Å². The monoisotopic (exact) mass is 295 g/mol. The summed E-state index contributed by atoms with van der Waals surface area (Å²) in [4.78, 5) is 0. The molecule has 22 heavy (non-hydrogen) atoms. The second kappa shape index (κ2) is 6.56. The zero-order valence-corrected chi connectivity index (χ0v) is 13.0. The molecule has 0 saturated carbocycles. The molecule has 114 valence electrons. The van der Waals surface area contributed by atoms with Crippen LogP contribution in [0.1, 0.15) is 24.5 Å². The van der Waals surface area contributed by atoms with E-state index >= 15 is 0 Å². The van der Waals surface area contributed by atoms with Gasteiger partial charge in [-0.15, -0.1) is 0 Å². The van der Waals surface area contributed by atoms with Crippen LogP contribution in [0.25, 0.3) is 6.08 Å². The summed E-state index contributed by atoms with van der Waals surface area (Å²) in [6.07, 6.45) is 4.98. The highest BCUT2D eigenvalue weighted by Gasteiger charge is 2.18. The maximum absolute atomic E-state index is 5.86. The highest BCUT2D eigenvalue weighted by molar-refractivity contribution is 5.63. The lowest BCUT2D eigenvalue weighted by Gasteiger charge is -2.06. The van der Waals surface area contributed by atoms with Crippen molar-refractivity contribution >= 4 is 11.8 Å². The smallest absolute Gasteiger partial charge is 0.189 e. The largest absolute Gasteiger partial charge is 0.494 e. The first-order valence-electron chi connectivity index (χ1n) is 7.69. The number of nitrogens with one attached hydrogen (secondary N) is 1. The second-order valence-corrected chi connectivity index (χ2v) is 5.46. The molecule has 0 saturated heterocycles. The summed E-state index contributed by atoms with van der Waals surface area (Å²) in [5.41, 5.74) is 3.37. The third-order valence-corrected chi connectivity index (χ3v) is 3.51. The number of aryl methyl sites for hydroxylation is 1. The quantitative estimate of drug-likeness (QED) is 0.872. The first-order chi connectivity index (χ1) is 10.7. The van der Waals surface area contributed by atoms with Gasteiger partial charge < -0.3 is 14.8 Å². The molecule has 0 aliphatic carbocycles. The highest BCUT2D eigenvalue weighted by atomic mass is 16.5. The molecule has 2 aromatic carbocycles. The van der Waals surface area contributed by atoms with E-state index in [0.29, 0.717) is 0 Å². The van der Waals surface area contributed by atoms with Gasteiger partial charge in [0.2, 0.25) is 0 Å². The average Bonchev–Trinajstić information content (AvgIpc) is 2.94. The fourth-order valence-corrected chi connectivity index (χ4v) is 2.35. The van der Waals surface area contributed by atoms with E-state index in [0.717, 1.165) is 35.8 Å². The Morgan fingerprint density at radius 2 is 2.00 bits per heavy atom. The molecular formula is C19H21NO2. The topological polar surface area (TPSA) is 30.5 Å². The molecule has 3 nitrogen and oxygen atoms in total. The van der Waals surface area contributed by atoms with Gasteiger partial charge in [0, 0.05) is 0 Å². The lowest BCUT2D eigenvalue weighted by molar-refractivity contribution is 0.303. The number of rotatable bonds is 5. The first-order valence-corrected chi connectivity index (χ1v) is 7.69. The number of hydrogen-bond acceptors (Lipinski definition) is 3. The number of ether oxygens (including phenoxy) is 2. The van der Waals surface area contributed by atoms with E-state index in [-0.39, 0.29) is 6.23 Å². The van der Waals surface area contributed by atoms with Crippen molar-refractivity contribution in [3.63, 3.8) is 0 Å². The van der Waals surface area contributed by atoms with Crippen molar-refractivity contribution in [3.05, 3.63) is 59.7 Å². The van der Waals surface area contributed by atoms with Gasteiger partial charge in [0.15, 0.2) is 6.23 Å². The van der Waals surface area contributed by atoms with Crippen LogP contribution in [0.2, 0.25) is 0 Å². The minimum Gasteiger partial charge on any atom is -0.494 e. The van der Waals surface area contributed by atoms with Crippen molar-refractivity contribution in [1.82, 2.24) is 0 Å². The molecule has 0 bridgehead atoms. The number of fused-ring (bicyclic) bond motifs is 1. The van der Waals surface area contributed by atoms with Gasteiger partial charge >= 0.3 is 0 Å². The van der Waals surface area contributed by atoms with Crippen molar-refractivity contribution in [3.8, 4) is 11.5 Å². The second-order valence-electron chi connectivity index (χ2n) is 5.46. The van der Waals surface area contributed by atoms with Crippen molar-refractivity contribution in [2.75, 3.05) is 11.9 Å². The van der Waals surface area contributed by atoms with Crippen LogP contribution >= 0.6 is 0 Å². The summed E-state index contributed by atoms with van der Waals surface area (Å²) in [6.45, 7) is 4.92. The van der Waals surface area contributed by atoms with Gasteiger partial charge in [0.1, 0.15) is 11.5 Å². The molecule has 3 rings (SSSR count). The van der Waals surface area contributed by atoms with Crippen LogP contribution in [0.4, 0.5) is 5.69 Å². The molecule has 1 aliphatic rings.